The number of aromatic nitrogens is 2. The van der Waals surface area contributed by atoms with Gasteiger partial charge >= 0.3 is 5.97 Å². The molecule has 0 saturated carbocycles. The molecule has 6 heteroatoms. The molecule has 0 amide bonds. The van der Waals surface area contributed by atoms with Gasteiger partial charge in [0.15, 0.2) is 0 Å². The predicted molar refractivity (Wildman–Crippen MR) is 72.0 cm³/mol. The molecule has 0 fully saturated rings. The van der Waals surface area contributed by atoms with Gasteiger partial charge in [0.05, 0.1) is 18.7 Å². The first-order valence-electron chi connectivity index (χ1n) is 5.80. The van der Waals surface area contributed by atoms with Crippen molar-refractivity contribution in [2.45, 2.75) is 19.4 Å². The molecule has 2 aromatic rings. The first kappa shape index (κ1) is 13.6. The van der Waals surface area contributed by atoms with E-state index < -0.39 is 5.97 Å². The van der Waals surface area contributed by atoms with E-state index in [0.29, 0.717) is 13.0 Å². The van der Waals surface area contributed by atoms with Crippen molar-refractivity contribution in [2.75, 3.05) is 7.11 Å². The van der Waals surface area contributed by atoms with E-state index in [1.165, 1.54) is 11.3 Å². The van der Waals surface area contributed by atoms with Crippen LogP contribution in [0.25, 0.3) is 10.6 Å². The molecule has 0 saturated heterocycles. The van der Waals surface area contributed by atoms with Crippen LogP contribution in [0, 0.1) is 0 Å². The Morgan fingerprint density at radius 1 is 1.42 bits per heavy atom. The van der Waals surface area contributed by atoms with Crippen molar-refractivity contribution in [1.82, 2.24) is 9.97 Å². The monoisotopic (exact) mass is 278 g/mol. The lowest BCUT2D eigenvalue weighted by molar-refractivity contribution is -0.136. The van der Waals surface area contributed by atoms with E-state index in [1.807, 2.05) is 12.1 Å². The number of hydrogen-bond donors (Lipinski definition) is 1. The van der Waals surface area contributed by atoms with Gasteiger partial charge in [0, 0.05) is 29.9 Å². The molecule has 0 atom stereocenters. The minimum Gasteiger partial charge on any atom is -0.481 e. The number of ether oxygens (including phenoxy) is 1. The van der Waals surface area contributed by atoms with Crippen molar-refractivity contribution >= 4 is 17.3 Å². The van der Waals surface area contributed by atoms with Crippen molar-refractivity contribution in [3.8, 4) is 10.6 Å². The van der Waals surface area contributed by atoms with Crippen LogP contribution < -0.4 is 0 Å². The molecule has 5 nitrogen and oxygen atoms in total. The molecule has 0 aliphatic heterocycles. The summed E-state index contributed by atoms with van der Waals surface area (Å²) in [6, 6.07) is 3.77. The zero-order valence-corrected chi connectivity index (χ0v) is 11.3. The Balaban J connectivity index is 2.26. The third-order valence-electron chi connectivity index (χ3n) is 2.55. The number of carboxylic acids is 1. The summed E-state index contributed by atoms with van der Waals surface area (Å²) in [7, 11) is 1.60. The fourth-order valence-corrected chi connectivity index (χ4v) is 2.74. The summed E-state index contributed by atoms with van der Waals surface area (Å²) < 4.78 is 5.11. The van der Waals surface area contributed by atoms with Gasteiger partial charge in [-0.05, 0) is 18.6 Å². The minimum atomic E-state index is -0.803. The number of carboxylic acid groups (broad SMARTS) is 1. The first-order valence-corrected chi connectivity index (χ1v) is 6.62. The molecule has 0 aliphatic carbocycles. The summed E-state index contributed by atoms with van der Waals surface area (Å²) in [6.07, 6.45) is 4.01. The lowest BCUT2D eigenvalue weighted by Gasteiger charge is -1.98. The average Bonchev–Trinajstić information content (AvgIpc) is 2.81. The highest BCUT2D eigenvalue weighted by Gasteiger charge is 2.13. The molecule has 2 heterocycles. The van der Waals surface area contributed by atoms with Crippen LogP contribution in [-0.2, 0) is 22.6 Å². The maximum absolute atomic E-state index is 10.7. The van der Waals surface area contributed by atoms with Crippen LogP contribution in [0.3, 0.4) is 0 Å². The Hall–Kier alpha value is -1.79. The SMILES string of the molecule is COCc1nc(-c2ccncc2)sc1CCC(=O)O. The summed E-state index contributed by atoms with van der Waals surface area (Å²) in [4.78, 5) is 20.1. The third kappa shape index (κ3) is 3.59. The summed E-state index contributed by atoms with van der Waals surface area (Å²) in [6.45, 7) is 0.399. The average molecular weight is 278 g/mol. The van der Waals surface area contributed by atoms with Crippen molar-refractivity contribution in [2.24, 2.45) is 0 Å². The van der Waals surface area contributed by atoms with Crippen LogP contribution in [-0.4, -0.2) is 28.2 Å². The normalized spacial score (nSPS) is 10.6. The van der Waals surface area contributed by atoms with Gasteiger partial charge in [-0.25, -0.2) is 4.98 Å². The summed E-state index contributed by atoms with van der Waals surface area (Å²) in [5.41, 5.74) is 1.81. The molecular weight excluding hydrogens is 264 g/mol. The molecule has 2 rings (SSSR count). The maximum atomic E-state index is 10.7. The number of aryl methyl sites for hydroxylation is 1. The van der Waals surface area contributed by atoms with E-state index >= 15 is 0 Å². The molecule has 0 aliphatic rings. The fourth-order valence-electron chi connectivity index (χ4n) is 1.67. The number of hydrogen-bond acceptors (Lipinski definition) is 5. The zero-order valence-electron chi connectivity index (χ0n) is 10.5. The highest BCUT2D eigenvalue weighted by Crippen LogP contribution is 2.29. The number of methoxy groups -OCH3 is 1. The topological polar surface area (TPSA) is 72.3 Å². The van der Waals surface area contributed by atoms with Crippen LogP contribution in [0.15, 0.2) is 24.5 Å². The summed E-state index contributed by atoms with van der Waals surface area (Å²) in [5, 5.41) is 9.63. The van der Waals surface area contributed by atoms with Crippen molar-refractivity contribution in [3.05, 3.63) is 35.1 Å². The quantitative estimate of drug-likeness (QED) is 0.878. The summed E-state index contributed by atoms with van der Waals surface area (Å²) in [5.74, 6) is -0.803. The molecular formula is C13H14N2O3S. The number of pyridine rings is 1. The largest absolute Gasteiger partial charge is 0.481 e. The predicted octanol–water partition coefficient (Wildman–Crippen LogP) is 2.37. The van der Waals surface area contributed by atoms with Gasteiger partial charge < -0.3 is 9.84 Å². The number of carbonyl (C=O) groups is 1. The fraction of sp³-hybridized carbons (Fsp3) is 0.308. The third-order valence-corrected chi connectivity index (χ3v) is 3.76. The van der Waals surface area contributed by atoms with Crippen LogP contribution in [0.5, 0.6) is 0 Å². The Bertz CT molecular complexity index is 554. The van der Waals surface area contributed by atoms with Gasteiger partial charge in [0.2, 0.25) is 0 Å². The van der Waals surface area contributed by atoms with E-state index in [4.69, 9.17) is 9.84 Å². The van der Waals surface area contributed by atoms with E-state index in [-0.39, 0.29) is 6.42 Å². The second-order valence-electron chi connectivity index (χ2n) is 3.95. The van der Waals surface area contributed by atoms with E-state index in [1.54, 1.807) is 19.5 Å². The Morgan fingerprint density at radius 3 is 2.79 bits per heavy atom. The molecule has 0 bridgehead atoms. The van der Waals surface area contributed by atoms with Crippen LogP contribution in [0.4, 0.5) is 0 Å². The van der Waals surface area contributed by atoms with Crippen molar-refractivity contribution in [3.63, 3.8) is 0 Å². The molecule has 0 radical (unpaired) electrons. The van der Waals surface area contributed by atoms with Crippen molar-refractivity contribution in [1.29, 1.82) is 0 Å². The van der Waals surface area contributed by atoms with E-state index in [9.17, 15) is 4.79 Å². The molecule has 0 unspecified atom stereocenters. The molecule has 19 heavy (non-hydrogen) atoms. The molecule has 0 aromatic carbocycles. The standard InChI is InChI=1S/C13H14N2O3S/c1-18-8-10-11(2-3-12(16)17)19-13(15-10)9-4-6-14-7-5-9/h4-7H,2-3,8H2,1H3,(H,16,17). The van der Waals surface area contributed by atoms with Crippen LogP contribution in [0.2, 0.25) is 0 Å². The second kappa shape index (κ2) is 6.40. The molecule has 2 aromatic heterocycles. The van der Waals surface area contributed by atoms with E-state index in [0.717, 1.165) is 21.1 Å². The van der Waals surface area contributed by atoms with Crippen LogP contribution in [0.1, 0.15) is 17.0 Å². The smallest absolute Gasteiger partial charge is 0.303 e. The maximum Gasteiger partial charge on any atom is 0.303 e. The number of nitrogens with zero attached hydrogens (tertiary/aromatic N) is 2. The van der Waals surface area contributed by atoms with Gasteiger partial charge in [0.1, 0.15) is 5.01 Å². The van der Waals surface area contributed by atoms with E-state index in [2.05, 4.69) is 9.97 Å². The highest BCUT2D eigenvalue weighted by molar-refractivity contribution is 7.15. The van der Waals surface area contributed by atoms with Gasteiger partial charge in [-0.1, -0.05) is 0 Å². The minimum absolute atomic E-state index is 0.106. The van der Waals surface area contributed by atoms with Gasteiger partial charge in [-0.15, -0.1) is 11.3 Å². The van der Waals surface area contributed by atoms with Crippen LogP contribution >= 0.6 is 11.3 Å². The number of thiazole rings is 1. The second-order valence-corrected chi connectivity index (χ2v) is 5.04. The lowest BCUT2D eigenvalue weighted by atomic mass is 10.2. The Kier molecular flexibility index (Phi) is 4.59. The number of rotatable bonds is 6. The number of aliphatic carboxylic acids is 1. The molecule has 1 N–H and O–H groups in total. The van der Waals surface area contributed by atoms with Gasteiger partial charge in [0.25, 0.3) is 0 Å². The first-order chi connectivity index (χ1) is 9.20. The van der Waals surface area contributed by atoms with Gasteiger partial charge in [-0.3, -0.25) is 9.78 Å². The van der Waals surface area contributed by atoms with Gasteiger partial charge in [-0.2, -0.15) is 0 Å². The summed E-state index contributed by atoms with van der Waals surface area (Å²) >= 11 is 1.51. The Labute approximate surface area is 114 Å². The molecule has 100 valence electrons. The lowest BCUT2D eigenvalue weighted by Crippen LogP contribution is -1.99. The Morgan fingerprint density at radius 2 is 2.16 bits per heavy atom. The zero-order chi connectivity index (χ0) is 13.7. The molecule has 0 spiro atoms. The van der Waals surface area contributed by atoms with Crippen molar-refractivity contribution < 1.29 is 14.6 Å². The highest BCUT2D eigenvalue weighted by atomic mass is 32.1.